The Morgan fingerprint density at radius 2 is 2.31 bits per heavy atom. The molecule has 1 heterocycles. The van der Waals surface area contributed by atoms with Crippen molar-refractivity contribution in [1.82, 2.24) is 15.2 Å². The van der Waals surface area contributed by atoms with Crippen LogP contribution in [0, 0.1) is 5.92 Å². The van der Waals surface area contributed by atoms with Gasteiger partial charge in [-0.15, -0.1) is 0 Å². The highest BCUT2D eigenvalue weighted by molar-refractivity contribution is 5.92. The smallest absolute Gasteiger partial charge is 0.199 e. The van der Waals surface area contributed by atoms with Crippen molar-refractivity contribution >= 4 is 5.78 Å². The monoisotopic (exact) mass is 179 g/mol. The maximum absolute atomic E-state index is 11.5. The molecule has 0 spiro atoms. The summed E-state index contributed by atoms with van der Waals surface area (Å²) in [6.45, 7) is 0. The largest absolute Gasteiger partial charge is 0.291 e. The number of Topliss-reactive ketones (excluding diaryl/α,β-unsaturated/α-hetero) is 1. The average Bonchev–Trinajstić information content (AvgIpc) is 2.74. The highest BCUT2D eigenvalue weighted by Crippen LogP contribution is 2.28. The van der Waals surface area contributed by atoms with Gasteiger partial charge in [0, 0.05) is 6.42 Å². The average molecular weight is 179 g/mol. The van der Waals surface area contributed by atoms with Gasteiger partial charge >= 0.3 is 0 Å². The van der Waals surface area contributed by atoms with Crippen molar-refractivity contribution in [2.45, 2.75) is 32.1 Å². The van der Waals surface area contributed by atoms with Gasteiger partial charge in [0.05, 0.1) is 0 Å². The number of nitrogens with zero attached hydrogens (tertiary/aromatic N) is 2. The zero-order chi connectivity index (χ0) is 9.10. The molecule has 4 nitrogen and oxygen atoms in total. The Bertz CT molecular complexity index is 275. The first-order valence-electron chi connectivity index (χ1n) is 4.75. The molecule has 1 aliphatic carbocycles. The summed E-state index contributed by atoms with van der Waals surface area (Å²) in [5, 5.41) is 6.26. The van der Waals surface area contributed by atoms with Crippen molar-refractivity contribution in [2.24, 2.45) is 5.92 Å². The number of carbonyl (C=O) groups is 1. The third kappa shape index (κ3) is 1.94. The van der Waals surface area contributed by atoms with Gasteiger partial charge in [0.2, 0.25) is 0 Å². The van der Waals surface area contributed by atoms with Crippen LogP contribution in [0.25, 0.3) is 0 Å². The Labute approximate surface area is 76.8 Å². The SMILES string of the molecule is O=C(CC1CCCC1)c1ncn[nH]1. The minimum atomic E-state index is 0.101. The van der Waals surface area contributed by atoms with Gasteiger partial charge in [0.15, 0.2) is 11.6 Å². The van der Waals surface area contributed by atoms with E-state index < -0.39 is 0 Å². The van der Waals surface area contributed by atoms with Crippen LogP contribution in [0.4, 0.5) is 0 Å². The number of rotatable bonds is 3. The lowest BCUT2D eigenvalue weighted by atomic mass is 10.0. The Morgan fingerprint density at radius 3 is 2.92 bits per heavy atom. The fraction of sp³-hybridized carbons (Fsp3) is 0.667. The van der Waals surface area contributed by atoms with Gasteiger partial charge in [-0.05, 0) is 5.92 Å². The predicted molar refractivity (Wildman–Crippen MR) is 47.3 cm³/mol. The number of aromatic nitrogens is 3. The van der Waals surface area contributed by atoms with E-state index in [2.05, 4.69) is 15.2 Å². The Hall–Kier alpha value is -1.19. The van der Waals surface area contributed by atoms with Gasteiger partial charge in [0.25, 0.3) is 0 Å². The molecule has 13 heavy (non-hydrogen) atoms. The molecule has 1 fully saturated rings. The first kappa shape index (κ1) is 8.41. The molecule has 2 rings (SSSR count). The molecular weight excluding hydrogens is 166 g/mol. The minimum Gasteiger partial charge on any atom is -0.291 e. The number of hydrogen-bond acceptors (Lipinski definition) is 3. The van der Waals surface area contributed by atoms with Gasteiger partial charge < -0.3 is 0 Å². The van der Waals surface area contributed by atoms with Crippen molar-refractivity contribution in [3.63, 3.8) is 0 Å². The molecule has 4 heteroatoms. The summed E-state index contributed by atoms with van der Waals surface area (Å²) >= 11 is 0. The summed E-state index contributed by atoms with van der Waals surface area (Å²) in [6.07, 6.45) is 6.94. The molecule has 1 aliphatic rings. The van der Waals surface area contributed by atoms with Gasteiger partial charge in [-0.1, -0.05) is 25.7 Å². The van der Waals surface area contributed by atoms with Crippen LogP contribution in [0.3, 0.4) is 0 Å². The molecular formula is C9H13N3O. The van der Waals surface area contributed by atoms with Crippen LogP contribution < -0.4 is 0 Å². The van der Waals surface area contributed by atoms with Crippen LogP contribution in [-0.4, -0.2) is 21.0 Å². The topological polar surface area (TPSA) is 58.6 Å². The quantitative estimate of drug-likeness (QED) is 0.716. The first-order valence-corrected chi connectivity index (χ1v) is 4.75. The fourth-order valence-corrected chi connectivity index (χ4v) is 1.91. The van der Waals surface area contributed by atoms with Crippen molar-refractivity contribution in [3.05, 3.63) is 12.2 Å². The van der Waals surface area contributed by atoms with Crippen LogP contribution >= 0.6 is 0 Å². The van der Waals surface area contributed by atoms with E-state index in [0.717, 1.165) is 0 Å². The van der Waals surface area contributed by atoms with E-state index in [1.165, 1.54) is 32.0 Å². The number of nitrogens with one attached hydrogen (secondary N) is 1. The summed E-state index contributed by atoms with van der Waals surface area (Å²) in [7, 11) is 0. The summed E-state index contributed by atoms with van der Waals surface area (Å²) < 4.78 is 0. The van der Waals surface area contributed by atoms with E-state index >= 15 is 0 Å². The lowest BCUT2D eigenvalue weighted by Gasteiger charge is -2.04. The molecule has 1 saturated carbocycles. The summed E-state index contributed by atoms with van der Waals surface area (Å²) in [4.78, 5) is 15.4. The van der Waals surface area contributed by atoms with E-state index in [-0.39, 0.29) is 5.78 Å². The third-order valence-corrected chi connectivity index (χ3v) is 2.63. The highest BCUT2D eigenvalue weighted by Gasteiger charge is 2.20. The number of H-pyrrole nitrogens is 1. The standard InChI is InChI=1S/C9H13N3O/c13-8(9-10-6-11-12-9)5-7-3-1-2-4-7/h6-7H,1-5H2,(H,10,11,12). The summed E-state index contributed by atoms with van der Waals surface area (Å²) in [5.41, 5.74) is 0. The van der Waals surface area contributed by atoms with E-state index in [1.807, 2.05) is 0 Å². The lowest BCUT2D eigenvalue weighted by molar-refractivity contribution is 0.0952. The predicted octanol–water partition coefficient (Wildman–Crippen LogP) is 1.57. The second-order valence-electron chi connectivity index (χ2n) is 3.61. The van der Waals surface area contributed by atoms with Crippen LogP contribution in [0.15, 0.2) is 6.33 Å². The Balaban J connectivity index is 1.91. The van der Waals surface area contributed by atoms with Crippen LogP contribution in [-0.2, 0) is 0 Å². The van der Waals surface area contributed by atoms with Crippen molar-refractivity contribution in [1.29, 1.82) is 0 Å². The Kier molecular flexibility index (Phi) is 2.38. The van der Waals surface area contributed by atoms with Crippen LogP contribution in [0.5, 0.6) is 0 Å². The Morgan fingerprint density at radius 1 is 1.54 bits per heavy atom. The number of ketones is 1. The normalized spacial score (nSPS) is 17.8. The second-order valence-corrected chi connectivity index (χ2v) is 3.61. The number of hydrogen-bond donors (Lipinski definition) is 1. The fourth-order valence-electron chi connectivity index (χ4n) is 1.91. The van der Waals surface area contributed by atoms with E-state index in [0.29, 0.717) is 18.2 Å². The summed E-state index contributed by atoms with van der Waals surface area (Å²) in [6, 6.07) is 0. The molecule has 0 aromatic carbocycles. The van der Waals surface area contributed by atoms with Crippen LogP contribution in [0.2, 0.25) is 0 Å². The third-order valence-electron chi connectivity index (χ3n) is 2.63. The van der Waals surface area contributed by atoms with Crippen molar-refractivity contribution in [3.8, 4) is 0 Å². The molecule has 0 aliphatic heterocycles. The molecule has 70 valence electrons. The van der Waals surface area contributed by atoms with Crippen LogP contribution in [0.1, 0.15) is 42.7 Å². The maximum Gasteiger partial charge on any atom is 0.199 e. The van der Waals surface area contributed by atoms with E-state index in [9.17, 15) is 4.79 Å². The maximum atomic E-state index is 11.5. The molecule has 0 saturated heterocycles. The van der Waals surface area contributed by atoms with Crippen molar-refractivity contribution in [2.75, 3.05) is 0 Å². The first-order chi connectivity index (χ1) is 6.36. The van der Waals surface area contributed by atoms with Crippen molar-refractivity contribution < 1.29 is 4.79 Å². The molecule has 0 radical (unpaired) electrons. The van der Waals surface area contributed by atoms with Gasteiger partial charge in [0.1, 0.15) is 6.33 Å². The van der Waals surface area contributed by atoms with E-state index in [1.54, 1.807) is 0 Å². The van der Waals surface area contributed by atoms with Gasteiger partial charge in [-0.25, -0.2) is 4.98 Å². The molecule has 0 amide bonds. The zero-order valence-electron chi connectivity index (χ0n) is 7.49. The molecule has 1 aromatic heterocycles. The molecule has 1 N–H and O–H groups in total. The second kappa shape index (κ2) is 3.68. The number of carbonyl (C=O) groups excluding carboxylic acids is 1. The van der Waals surface area contributed by atoms with Gasteiger partial charge in [-0.3, -0.25) is 9.89 Å². The minimum absolute atomic E-state index is 0.101. The molecule has 0 unspecified atom stereocenters. The molecule has 1 aromatic rings. The van der Waals surface area contributed by atoms with E-state index in [4.69, 9.17) is 0 Å². The zero-order valence-corrected chi connectivity index (χ0v) is 7.49. The van der Waals surface area contributed by atoms with Gasteiger partial charge in [-0.2, -0.15) is 5.10 Å². The lowest BCUT2D eigenvalue weighted by Crippen LogP contribution is -2.07. The molecule has 0 atom stereocenters. The number of aromatic amines is 1. The summed E-state index contributed by atoms with van der Waals surface area (Å²) in [5.74, 6) is 1.09. The highest BCUT2D eigenvalue weighted by atomic mass is 16.1. The molecule has 0 bridgehead atoms.